The zero-order valence-corrected chi connectivity index (χ0v) is 17.3. The Balaban J connectivity index is 1.52. The van der Waals surface area contributed by atoms with E-state index in [-0.39, 0.29) is 17.8 Å². The molecular weight excluding hydrogens is 378 g/mol. The van der Waals surface area contributed by atoms with E-state index in [1.165, 1.54) is 18.9 Å². The molecule has 0 aromatic carbocycles. The lowest BCUT2D eigenvalue weighted by atomic mass is 9.93. The highest BCUT2D eigenvalue weighted by Crippen LogP contribution is 2.25. The molecule has 8 heteroatoms. The highest BCUT2D eigenvalue weighted by atomic mass is 32.2. The second-order valence-electron chi connectivity index (χ2n) is 7.00. The molecule has 28 heavy (non-hydrogen) atoms. The molecule has 0 N–H and O–H groups in total. The Labute approximate surface area is 168 Å². The minimum atomic E-state index is -0.189. The highest BCUT2D eigenvalue weighted by molar-refractivity contribution is 7.98. The third-order valence-corrected chi connectivity index (χ3v) is 5.63. The molecular formula is C20H25N3O4S. The summed E-state index contributed by atoms with van der Waals surface area (Å²) < 4.78 is 10.5. The van der Waals surface area contributed by atoms with Gasteiger partial charge in [0.05, 0.1) is 12.9 Å². The van der Waals surface area contributed by atoms with Gasteiger partial charge in [-0.1, -0.05) is 11.8 Å². The topological polar surface area (TPSA) is 85.5 Å². The predicted molar refractivity (Wildman–Crippen MR) is 105 cm³/mol. The number of ether oxygens (including phenoxy) is 1. The molecule has 3 heterocycles. The summed E-state index contributed by atoms with van der Waals surface area (Å²) >= 11 is 1.49. The molecule has 1 fully saturated rings. The maximum absolute atomic E-state index is 12.7. The van der Waals surface area contributed by atoms with Gasteiger partial charge in [0.15, 0.2) is 10.9 Å². The molecule has 0 spiro atoms. The zero-order valence-electron chi connectivity index (χ0n) is 16.4. The molecule has 1 aliphatic rings. The van der Waals surface area contributed by atoms with Gasteiger partial charge in [-0.2, -0.15) is 0 Å². The predicted octanol–water partition coefficient (Wildman–Crippen LogP) is 3.39. The first-order chi connectivity index (χ1) is 13.4. The maximum Gasteiger partial charge on any atom is 0.305 e. The first kappa shape index (κ1) is 20.4. The van der Waals surface area contributed by atoms with Crippen molar-refractivity contribution in [2.24, 2.45) is 5.92 Å². The van der Waals surface area contributed by atoms with E-state index in [0.29, 0.717) is 36.2 Å². The average molecular weight is 404 g/mol. The number of aryl methyl sites for hydroxylation is 2. The molecule has 0 saturated carbocycles. The quantitative estimate of drug-likeness (QED) is 0.415. The fourth-order valence-electron chi connectivity index (χ4n) is 3.28. The Kier molecular flexibility index (Phi) is 6.72. The van der Waals surface area contributed by atoms with Gasteiger partial charge in [-0.15, -0.1) is 0 Å². The number of carbonyl (C=O) groups excluding carboxylic acids is 2. The maximum atomic E-state index is 12.7. The van der Waals surface area contributed by atoms with E-state index in [4.69, 9.17) is 9.15 Å². The number of amides is 1. The van der Waals surface area contributed by atoms with Crippen LogP contribution in [0.1, 0.15) is 47.0 Å². The molecule has 1 saturated heterocycles. The molecule has 150 valence electrons. The van der Waals surface area contributed by atoms with E-state index in [1.807, 2.05) is 26.0 Å². The Morgan fingerprint density at radius 2 is 1.89 bits per heavy atom. The molecule has 1 aliphatic heterocycles. The summed E-state index contributed by atoms with van der Waals surface area (Å²) in [5.41, 5.74) is 1.86. The molecule has 2 aromatic rings. The van der Waals surface area contributed by atoms with Gasteiger partial charge in [0.1, 0.15) is 5.76 Å². The van der Waals surface area contributed by atoms with Crippen LogP contribution in [0, 0.1) is 19.8 Å². The first-order valence-corrected chi connectivity index (χ1v) is 10.3. The van der Waals surface area contributed by atoms with Gasteiger partial charge in [-0.3, -0.25) is 9.59 Å². The number of hydrogen-bond acceptors (Lipinski definition) is 7. The summed E-state index contributed by atoms with van der Waals surface area (Å²) in [6, 6.07) is 5.48. The number of piperidine rings is 1. The highest BCUT2D eigenvalue weighted by Gasteiger charge is 2.26. The first-order valence-electron chi connectivity index (χ1n) is 9.34. The van der Waals surface area contributed by atoms with E-state index in [2.05, 4.69) is 9.97 Å². The number of hydrogen-bond donors (Lipinski definition) is 0. The lowest BCUT2D eigenvalue weighted by Gasteiger charge is -2.30. The lowest BCUT2D eigenvalue weighted by Crippen LogP contribution is -2.38. The second-order valence-corrected chi connectivity index (χ2v) is 7.95. The zero-order chi connectivity index (χ0) is 20.1. The van der Waals surface area contributed by atoms with Crippen molar-refractivity contribution in [2.75, 3.05) is 20.2 Å². The Hall–Kier alpha value is -2.35. The van der Waals surface area contributed by atoms with Crippen molar-refractivity contribution in [2.45, 2.75) is 44.0 Å². The fourth-order valence-corrected chi connectivity index (χ4v) is 4.12. The third kappa shape index (κ3) is 5.34. The van der Waals surface area contributed by atoms with E-state index >= 15 is 0 Å². The lowest BCUT2D eigenvalue weighted by molar-refractivity contribution is -0.142. The molecule has 0 aliphatic carbocycles. The van der Waals surface area contributed by atoms with Gasteiger partial charge in [0, 0.05) is 30.9 Å². The molecule has 0 unspecified atom stereocenters. The van der Waals surface area contributed by atoms with Crippen LogP contribution in [0.4, 0.5) is 0 Å². The molecule has 3 rings (SSSR count). The van der Waals surface area contributed by atoms with Crippen LogP contribution in [0.3, 0.4) is 0 Å². The van der Waals surface area contributed by atoms with Gasteiger partial charge < -0.3 is 14.1 Å². The van der Waals surface area contributed by atoms with Crippen molar-refractivity contribution < 1.29 is 18.7 Å². The van der Waals surface area contributed by atoms with Gasteiger partial charge in [-0.05, 0) is 50.8 Å². The third-order valence-electron chi connectivity index (χ3n) is 4.76. The number of rotatable bonds is 6. The molecule has 2 aromatic heterocycles. The van der Waals surface area contributed by atoms with Gasteiger partial charge >= 0.3 is 5.97 Å². The van der Waals surface area contributed by atoms with Crippen LogP contribution in [-0.2, 0) is 15.3 Å². The summed E-state index contributed by atoms with van der Waals surface area (Å²) in [4.78, 5) is 34.7. The standard InChI is InChI=1S/C20H25N3O4S/c1-13-10-14(2)22-20(21-13)28-12-16-4-5-17(27-16)19(25)23-8-6-15(7-9-23)11-18(24)26-3/h4-5,10,15H,6-9,11-12H2,1-3H3. The summed E-state index contributed by atoms with van der Waals surface area (Å²) in [5, 5.41) is 0.703. The van der Waals surface area contributed by atoms with Crippen molar-refractivity contribution in [3.8, 4) is 0 Å². The molecule has 0 atom stereocenters. The average Bonchev–Trinajstić information content (AvgIpc) is 3.14. The number of aromatic nitrogens is 2. The largest absolute Gasteiger partial charge is 0.469 e. The second kappa shape index (κ2) is 9.23. The minimum absolute atomic E-state index is 0.101. The van der Waals surface area contributed by atoms with Gasteiger partial charge in [0.2, 0.25) is 0 Å². The Bertz CT molecular complexity index is 823. The summed E-state index contributed by atoms with van der Waals surface area (Å²) in [6.07, 6.45) is 2.02. The number of furan rings is 1. The normalized spacial score (nSPS) is 14.9. The monoisotopic (exact) mass is 403 g/mol. The summed E-state index contributed by atoms with van der Waals surface area (Å²) in [7, 11) is 1.40. The fraction of sp³-hybridized carbons (Fsp3) is 0.500. The molecule has 0 bridgehead atoms. The molecule has 1 amide bonds. The van der Waals surface area contributed by atoms with Crippen LogP contribution in [0.25, 0.3) is 0 Å². The van der Waals surface area contributed by atoms with Crippen LogP contribution in [0.5, 0.6) is 0 Å². The van der Waals surface area contributed by atoms with Gasteiger partial charge in [0.25, 0.3) is 5.91 Å². The van der Waals surface area contributed by atoms with Crippen molar-refractivity contribution in [3.63, 3.8) is 0 Å². The number of thioether (sulfide) groups is 1. The molecule has 7 nitrogen and oxygen atoms in total. The van der Waals surface area contributed by atoms with Crippen LogP contribution < -0.4 is 0 Å². The van der Waals surface area contributed by atoms with E-state index in [9.17, 15) is 9.59 Å². The van der Waals surface area contributed by atoms with Crippen LogP contribution in [-0.4, -0.2) is 46.9 Å². The Morgan fingerprint density at radius 1 is 1.21 bits per heavy atom. The number of nitrogens with zero attached hydrogens (tertiary/aromatic N) is 3. The van der Waals surface area contributed by atoms with E-state index in [0.717, 1.165) is 30.0 Å². The van der Waals surface area contributed by atoms with Crippen molar-refractivity contribution in [1.29, 1.82) is 0 Å². The smallest absolute Gasteiger partial charge is 0.305 e. The van der Waals surface area contributed by atoms with Crippen LogP contribution >= 0.6 is 11.8 Å². The van der Waals surface area contributed by atoms with Crippen LogP contribution in [0.15, 0.2) is 27.8 Å². The number of esters is 1. The van der Waals surface area contributed by atoms with Crippen LogP contribution in [0.2, 0.25) is 0 Å². The SMILES string of the molecule is COC(=O)CC1CCN(C(=O)c2ccc(CSc3nc(C)cc(C)n3)o2)CC1. The van der Waals surface area contributed by atoms with Gasteiger partial charge in [-0.25, -0.2) is 9.97 Å². The number of likely N-dealkylation sites (tertiary alicyclic amines) is 1. The number of methoxy groups -OCH3 is 1. The summed E-state index contributed by atoms with van der Waals surface area (Å²) in [6.45, 7) is 5.14. The van der Waals surface area contributed by atoms with Crippen molar-refractivity contribution in [1.82, 2.24) is 14.9 Å². The van der Waals surface area contributed by atoms with Crippen molar-refractivity contribution in [3.05, 3.63) is 41.1 Å². The molecule has 0 radical (unpaired) electrons. The number of carbonyl (C=O) groups is 2. The minimum Gasteiger partial charge on any atom is -0.469 e. The van der Waals surface area contributed by atoms with Crippen molar-refractivity contribution >= 4 is 23.6 Å². The van der Waals surface area contributed by atoms with E-state index in [1.54, 1.807) is 11.0 Å². The summed E-state index contributed by atoms with van der Waals surface area (Å²) in [5.74, 6) is 1.62. The van der Waals surface area contributed by atoms with E-state index < -0.39 is 0 Å². The Morgan fingerprint density at radius 3 is 2.54 bits per heavy atom.